The summed E-state index contributed by atoms with van der Waals surface area (Å²) in [6.45, 7) is 2.88. The SMILES string of the molecule is COc1ccc(S(=O)(=O)Nc2c(F)cc(Br)cc2F)cc1N1CCNCC1. The summed E-state index contributed by atoms with van der Waals surface area (Å²) >= 11 is 2.96. The number of anilines is 2. The Morgan fingerprint density at radius 2 is 1.78 bits per heavy atom. The summed E-state index contributed by atoms with van der Waals surface area (Å²) in [5.41, 5.74) is -0.114. The van der Waals surface area contributed by atoms with E-state index in [1.54, 1.807) is 0 Å². The molecule has 2 aromatic carbocycles. The van der Waals surface area contributed by atoms with Crippen LogP contribution in [0.5, 0.6) is 5.75 Å². The van der Waals surface area contributed by atoms with Crippen molar-refractivity contribution in [2.75, 3.05) is 42.9 Å². The lowest BCUT2D eigenvalue weighted by Gasteiger charge is -2.30. The van der Waals surface area contributed by atoms with E-state index in [2.05, 4.69) is 21.2 Å². The van der Waals surface area contributed by atoms with Crippen LogP contribution in [0.25, 0.3) is 0 Å². The number of hydrogen-bond donors (Lipinski definition) is 2. The van der Waals surface area contributed by atoms with Crippen molar-refractivity contribution in [3.05, 3.63) is 46.4 Å². The molecular formula is C17H18BrF2N3O3S. The highest BCUT2D eigenvalue weighted by Crippen LogP contribution is 2.33. The largest absolute Gasteiger partial charge is 0.495 e. The average molecular weight is 462 g/mol. The normalized spacial score (nSPS) is 14.9. The molecule has 0 spiro atoms. The monoisotopic (exact) mass is 461 g/mol. The molecule has 0 radical (unpaired) electrons. The van der Waals surface area contributed by atoms with Crippen molar-refractivity contribution in [3.8, 4) is 5.75 Å². The van der Waals surface area contributed by atoms with Gasteiger partial charge in [0.2, 0.25) is 0 Å². The Hall–Kier alpha value is -1.91. The molecule has 1 aliphatic rings. The quantitative estimate of drug-likeness (QED) is 0.716. The van der Waals surface area contributed by atoms with Crippen LogP contribution in [-0.2, 0) is 10.0 Å². The molecule has 3 rings (SSSR count). The van der Waals surface area contributed by atoms with Gasteiger partial charge in [0.25, 0.3) is 10.0 Å². The van der Waals surface area contributed by atoms with E-state index in [4.69, 9.17) is 4.74 Å². The molecule has 1 heterocycles. The Balaban J connectivity index is 1.97. The zero-order valence-electron chi connectivity index (χ0n) is 14.4. The van der Waals surface area contributed by atoms with Gasteiger partial charge in [0, 0.05) is 30.7 Å². The van der Waals surface area contributed by atoms with E-state index in [1.165, 1.54) is 25.3 Å². The first kappa shape index (κ1) is 19.8. The van der Waals surface area contributed by atoms with Crippen LogP contribution in [0.2, 0.25) is 0 Å². The van der Waals surface area contributed by atoms with Gasteiger partial charge in [-0.05, 0) is 30.3 Å². The lowest BCUT2D eigenvalue weighted by Crippen LogP contribution is -2.43. The fourth-order valence-corrected chi connectivity index (χ4v) is 4.32. The number of ether oxygens (including phenoxy) is 1. The molecule has 0 amide bonds. The van der Waals surface area contributed by atoms with Gasteiger partial charge in [-0.25, -0.2) is 17.2 Å². The van der Waals surface area contributed by atoms with Crippen molar-refractivity contribution >= 4 is 37.3 Å². The number of nitrogens with zero attached hydrogens (tertiary/aromatic N) is 1. The zero-order valence-corrected chi connectivity index (χ0v) is 16.8. The van der Waals surface area contributed by atoms with E-state index in [1.807, 2.05) is 9.62 Å². The molecule has 146 valence electrons. The number of benzene rings is 2. The molecule has 6 nitrogen and oxygen atoms in total. The molecular weight excluding hydrogens is 444 g/mol. The summed E-state index contributed by atoms with van der Waals surface area (Å²) in [6, 6.07) is 6.28. The second-order valence-corrected chi connectivity index (χ2v) is 8.52. The molecule has 0 aromatic heterocycles. The van der Waals surface area contributed by atoms with Crippen LogP contribution in [0, 0.1) is 11.6 Å². The Labute approximate surface area is 164 Å². The van der Waals surface area contributed by atoms with Gasteiger partial charge in [0.15, 0.2) is 11.6 Å². The average Bonchev–Trinajstić information content (AvgIpc) is 2.65. The van der Waals surface area contributed by atoms with Gasteiger partial charge >= 0.3 is 0 Å². The minimum atomic E-state index is -4.20. The van der Waals surface area contributed by atoms with Gasteiger partial charge in [-0.2, -0.15) is 0 Å². The summed E-state index contributed by atoms with van der Waals surface area (Å²) in [7, 11) is -2.70. The molecule has 0 bridgehead atoms. The minimum absolute atomic E-state index is 0.112. The van der Waals surface area contributed by atoms with E-state index in [9.17, 15) is 17.2 Å². The number of nitrogens with one attached hydrogen (secondary N) is 2. The number of rotatable bonds is 5. The second kappa shape index (κ2) is 7.99. The predicted octanol–water partition coefficient (Wildman–Crippen LogP) is 2.95. The van der Waals surface area contributed by atoms with Crippen molar-refractivity contribution in [2.45, 2.75) is 4.90 Å². The highest BCUT2D eigenvalue weighted by atomic mass is 79.9. The van der Waals surface area contributed by atoms with Crippen molar-refractivity contribution in [1.29, 1.82) is 0 Å². The zero-order chi connectivity index (χ0) is 19.6. The number of hydrogen-bond acceptors (Lipinski definition) is 5. The van der Waals surface area contributed by atoms with Gasteiger partial charge in [-0.3, -0.25) is 4.72 Å². The van der Waals surface area contributed by atoms with Crippen LogP contribution in [0.3, 0.4) is 0 Å². The fourth-order valence-electron chi connectivity index (χ4n) is 2.82. The number of sulfonamides is 1. The topological polar surface area (TPSA) is 70.7 Å². The molecule has 1 aliphatic heterocycles. The third-order valence-electron chi connectivity index (χ3n) is 4.16. The molecule has 10 heteroatoms. The molecule has 0 saturated carbocycles. The molecule has 0 aliphatic carbocycles. The van der Waals surface area contributed by atoms with Gasteiger partial charge in [0.05, 0.1) is 17.7 Å². The van der Waals surface area contributed by atoms with E-state index in [0.717, 1.165) is 25.2 Å². The molecule has 2 N–H and O–H groups in total. The minimum Gasteiger partial charge on any atom is -0.495 e. The fraction of sp³-hybridized carbons (Fsp3) is 0.294. The Bertz CT molecular complexity index is 927. The van der Waals surface area contributed by atoms with E-state index >= 15 is 0 Å². The molecule has 0 atom stereocenters. The van der Waals surface area contributed by atoms with Crippen LogP contribution in [0.1, 0.15) is 0 Å². The van der Waals surface area contributed by atoms with Crippen LogP contribution >= 0.6 is 15.9 Å². The number of piperazine rings is 1. The van der Waals surface area contributed by atoms with E-state index in [0.29, 0.717) is 24.5 Å². The summed E-state index contributed by atoms with van der Waals surface area (Å²) in [5.74, 6) is -1.50. The highest BCUT2D eigenvalue weighted by molar-refractivity contribution is 9.10. The first-order valence-electron chi connectivity index (χ1n) is 8.13. The lowest BCUT2D eigenvalue weighted by atomic mass is 10.2. The third kappa shape index (κ3) is 4.33. The van der Waals surface area contributed by atoms with Gasteiger partial charge in [0.1, 0.15) is 11.4 Å². The number of methoxy groups -OCH3 is 1. The first-order chi connectivity index (χ1) is 12.8. The van der Waals surface area contributed by atoms with Crippen molar-refractivity contribution < 1.29 is 21.9 Å². The van der Waals surface area contributed by atoms with Crippen LogP contribution in [0.4, 0.5) is 20.2 Å². The molecule has 1 fully saturated rings. The van der Waals surface area contributed by atoms with Gasteiger partial charge in [-0.1, -0.05) is 15.9 Å². The maximum atomic E-state index is 14.0. The lowest BCUT2D eigenvalue weighted by molar-refractivity contribution is 0.412. The standard InChI is InChI=1S/C17H18BrF2N3O3S/c1-26-16-3-2-12(10-15(16)23-6-4-21-5-7-23)27(24,25)22-17-13(19)8-11(18)9-14(17)20/h2-3,8-10,21-22H,4-7H2,1H3. The predicted molar refractivity (Wildman–Crippen MR) is 103 cm³/mol. The molecule has 27 heavy (non-hydrogen) atoms. The van der Waals surface area contributed by atoms with Gasteiger partial charge in [-0.15, -0.1) is 0 Å². The third-order valence-corrected chi connectivity index (χ3v) is 5.97. The summed E-state index contributed by atoms with van der Waals surface area (Å²) in [4.78, 5) is 1.88. The second-order valence-electron chi connectivity index (χ2n) is 5.92. The first-order valence-corrected chi connectivity index (χ1v) is 10.4. The van der Waals surface area contributed by atoms with E-state index < -0.39 is 27.3 Å². The van der Waals surface area contributed by atoms with Crippen molar-refractivity contribution in [3.63, 3.8) is 0 Å². The smallest absolute Gasteiger partial charge is 0.262 e. The molecule has 0 unspecified atom stereocenters. The summed E-state index contributed by atoms with van der Waals surface area (Å²) in [6.07, 6.45) is 0. The van der Waals surface area contributed by atoms with Crippen molar-refractivity contribution in [1.82, 2.24) is 5.32 Å². The molecule has 1 saturated heterocycles. The van der Waals surface area contributed by atoms with Gasteiger partial charge < -0.3 is 15.0 Å². The summed E-state index contributed by atoms with van der Waals surface area (Å²) in [5, 5.41) is 3.22. The van der Waals surface area contributed by atoms with Crippen LogP contribution < -0.4 is 19.7 Å². The van der Waals surface area contributed by atoms with E-state index in [-0.39, 0.29) is 9.37 Å². The highest BCUT2D eigenvalue weighted by Gasteiger charge is 2.23. The Morgan fingerprint density at radius 1 is 1.15 bits per heavy atom. The maximum absolute atomic E-state index is 14.0. The Morgan fingerprint density at radius 3 is 2.37 bits per heavy atom. The Kier molecular flexibility index (Phi) is 5.87. The van der Waals surface area contributed by atoms with Crippen LogP contribution in [-0.4, -0.2) is 41.7 Å². The number of halogens is 3. The maximum Gasteiger partial charge on any atom is 0.262 e. The van der Waals surface area contributed by atoms with Crippen molar-refractivity contribution in [2.24, 2.45) is 0 Å². The van der Waals surface area contributed by atoms with Crippen LogP contribution in [0.15, 0.2) is 39.7 Å². The summed E-state index contributed by atoms with van der Waals surface area (Å²) < 4.78 is 60.9. The molecule has 2 aromatic rings.